The Morgan fingerprint density at radius 2 is 2.22 bits per heavy atom. The number of ether oxygens (including phenoxy) is 1. The average Bonchev–Trinajstić information content (AvgIpc) is 2.31. The monoisotopic (exact) mass is 250 g/mol. The van der Waals surface area contributed by atoms with Gasteiger partial charge in [0.25, 0.3) is 11.5 Å². The molecule has 1 aliphatic rings. The Hall–Kier alpha value is -1.62. The van der Waals surface area contributed by atoms with Gasteiger partial charge in [0.05, 0.1) is 24.3 Å². The summed E-state index contributed by atoms with van der Waals surface area (Å²) in [7, 11) is 0. The van der Waals surface area contributed by atoms with E-state index in [4.69, 9.17) is 4.74 Å². The molecule has 1 aromatic heterocycles. The van der Waals surface area contributed by atoms with Crippen LogP contribution in [0.15, 0.2) is 17.1 Å². The number of aryl methyl sites for hydroxylation is 1. The maximum atomic E-state index is 12.4. The summed E-state index contributed by atoms with van der Waals surface area (Å²) in [5.74, 6) is -0.0670. The zero-order valence-electron chi connectivity index (χ0n) is 10.9. The highest BCUT2D eigenvalue weighted by atomic mass is 16.5. The molecule has 0 saturated carbocycles. The molecular weight excluding hydrogens is 232 g/mol. The number of nitrogens with zero attached hydrogens (tertiary/aromatic N) is 1. The first-order valence-corrected chi connectivity index (χ1v) is 6.01. The number of hydrogen-bond donors (Lipinski definition) is 1. The Morgan fingerprint density at radius 3 is 2.83 bits per heavy atom. The summed E-state index contributed by atoms with van der Waals surface area (Å²) in [6.45, 7) is 7.30. The van der Waals surface area contributed by atoms with Crippen LogP contribution >= 0.6 is 0 Å². The lowest BCUT2D eigenvalue weighted by Crippen LogP contribution is -2.55. The van der Waals surface area contributed by atoms with E-state index in [-0.39, 0.29) is 17.0 Å². The van der Waals surface area contributed by atoms with E-state index in [0.717, 1.165) is 0 Å². The van der Waals surface area contributed by atoms with Crippen LogP contribution in [-0.4, -0.2) is 41.1 Å². The summed E-state index contributed by atoms with van der Waals surface area (Å²) in [6.07, 6.45) is 1.48. The van der Waals surface area contributed by atoms with Crippen molar-refractivity contribution < 1.29 is 9.53 Å². The van der Waals surface area contributed by atoms with Gasteiger partial charge in [-0.15, -0.1) is 0 Å². The second kappa shape index (κ2) is 4.57. The van der Waals surface area contributed by atoms with Gasteiger partial charge in [0.15, 0.2) is 0 Å². The van der Waals surface area contributed by atoms with E-state index < -0.39 is 0 Å². The van der Waals surface area contributed by atoms with E-state index in [1.807, 2.05) is 13.8 Å². The highest BCUT2D eigenvalue weighted by molar-refractivity contribution is 5.94. The van der Waals surface area contributed by atoms with Crippen molar-refractivity contribution in [3.63, 3.8) is 0 Å². The zero-order chi connectivity index (χ0) is 13.3. The van der Waals surface area contributed by atoms with Crippen LogP contribution in [0.3, 0.4) is 0 Å². The number of morpholine rings is 1. The summed E-state index contributed by atoms with van der Waals surface area (Å²) in [6, 6.07) is 1.63. The van der Waals surface area contributed by atoms with Crippen LogP contribution in [0.25, 0.3) is 0 Å². The molecular formula is C13H18N2O3. The SMILES string of the molecule is Cc1cc(C(=O)N2CCOCC2(C)C)c[nH]c1=O. The molecule has 0 radical (unpaired) electrons. The van der Waals surface area contributed by atoms with Gasteiger partial charge in [-0.3, -0.25) is 9.59 Å². The lowest BCUT2D eigenvalue weighted by Gasteiger charge is -2.42. The molecule has 0 aliphatic carbocycles. The molecule has 2 rings (SSSR count). The van der Waals surface area contributed by atoms with Gasteiger partial charge in [-0.05, 0) is 26.8 Å². The minimum absolute atomic E-state index is 0.0670. The maximum Gasteiger partial charge on any atom is 0.255 e. The zero-order valence-corrected chi connectivity index (χ0v) is 10.9. The molecule has 1 aliphatic heterocycles. The number of pyridine rings is 1. The lowest BCUT2D eigenvalue weighted by atomic mass is 10.0. The normalized spacial score (nSPS) is 18.7. The fraction of sp³-hybridized carbons (Fsp3) is 0.538. The molecule has 1 aromatic rings. The molecule has 5 heteroatoms. The van der Waals surface area contributed by atoms with Crippen LogP contribution in [-0.2, 0) is 4.74 Å². The number of rotatable bonds is 1. The maximum absolute atomic E-state index is 12.4. The number of aromatic nitrogens is 1. The smallest absolute Gasteiger partial charge is 0.255 e. The summed E-state index contributed by atoms with van der Waals surface area (Å²) in [4.78, 5) is 28.1. The summed E-state index contributed by atoms with van der Waals surface area (Å²) in [5.41, 5.74) is 0.584. The van der Waals surface area contributed by atoms with E-state index in [1.54, 1.807) is 17.9 Å². The van der Waals surface area contributed by atoms with Gasteiger partial charge < -0.3 is 14.6 Å². The molecule has 1 fully saturated rings. The van der Waals surface area contributed by atoms with Crippen molar-refractivity contribution in [1.29, 1.82) is 0 Å². The molecule has 98 valence electrons. The van der Waals surface area contributed by atoms with Crippen molar-refractivity contribution in [1.82, 2.24) is 9.88 Å². The summed E-state index contributed by atoms with van der Waals surface area (Å²) < 4.78 is 5.39. The quantitative estimate of drug-likeness (QED) is 0.806. The summed E-state index contributed by atoms with van der Waals surface area (Å²) >= 11 is 0. The Morgan fingerprint density at radius 1 is 1.50 bits per heavy atom. The van der Waals surface area contributed by atoms with Crippen molar-refractivity contribution >= 4 is 5.91 Å². The topological polar surface area (TPSA) is 62.4 Å². The van der Waals surface area contributed by atoms with E-state index in [1.165, 1.54) is 6.20 Å². The largest absolute Gasteiger partial charge is 0.377 e. The van der Waals surface area contributed by atoms with Gasteiger partial charge in [-0.2, -0.15) is 0 Å². The Balaban J connectivity index is 2.30. The first kappa shape index (κ1) is 12.8. The van der Waals surface area contributed by atoms with Gasteiger partial charge >= 0.3 is 0 Å². The first-order chi connectivity index (χ1) is 8.42. The van der Waals surface area contributed by atoms with Crippen molar-refractivity contribution in [3.8, 4) is 0 Å². The number of carbonyl (C=O) groups is 1. The van der Waals surface area contributed by atoms with Crippen LogP contribution in [0.1, 0.15) is 29.8 Å². The number of carbonyl (C=O) groups excluding carboxylic acids is 1. The average molecular weight is 250 g/mol. The number of hydrogen-bond acceptors (Lipinski definition) is 3. The van der Waals surface area contributed by atoms with Crippen LogP contribution < -0.4 is 5.56 Å². The second-order valence-electron chi connectivity index (χ2n) is 5.22. The highest BCUT2D eigenvalue weighted by Gasteiger charge is 2.34. The van der Waals surface area contributed by atoms with Crippen molar-refractivity contribution in [3.05, 3.63) is 33.7 Å². The first-order valence-electron chi connectivity index (χ1n) is 6.01. The van der Waals surface area contributed by atoms with Crippen LogP contribution in [0.5, 0.6) is 0 Å². The lowest BCUT2D eigenvalue weighted by molar-refractivity contribution is -0.0370. The second-order valence-corrected chi connectivity index (χ2v) is 5.22. The fourth-order valence-electron chi connectivity index (χ4n) is 2.11. The molecule has 1 N–H and O–H groups in total. The number of H-pyrrole nitrogens is 1. The third kappa shape index (κ3) is 2.31. The molecule has 1 amide bonds. The highest BCUT2D eigenvalue weighted by Crippen LogP contribution is 2.21. The molecule has 5 nitrogen and oxygen atoms in total. The number of amides is 1. The molecule has 0 spiro atoms. The molecule has 18 heavy (non-hydrogen) atoms. The predicted molar refractivity (Wildman–Crippen MR) is 67.7 cm³/mol. The molecule has 1 saturated heterocycles. The molecule has 2 heterocycles. The molecule has 0 aromatic carbocycles. The van der Waals surface area contributed by atoms with Crippen LogP contribution in [0.2, 0.25) is 0 Å². The summed E-state index contributed by atoms with van der Waals surface area (Å²) in [5, 5.41) is 0. The predicted octanol–water partition coefficient (Wildman–Crippen LogP) is 0.934. The minimum atomic E-state index is -0.320. The Bertz CT molecular complexity index is 519. The molecule has 0 unspecified atom stereocenters. The molecule has 0 bridgehead atoms. The van der Waals surface area contributed by atoms with Crippen LogP contribution in [0.4, 0.5) is 0 Å². The number of aromatic amines is 1. The van der Waals surface area contributed by atoms with Crippen LogP contribution in [0, 0.1) is 6.92 Å². The van der Waals surface area contributed by atoms with Gasteiger partial charge in [-0.25, -0.2) is 0 Å². The number of nitrogens with one attached hydrogen (secondary N) is 1. The van der Waals surface area contributed by atoms with Gasteiger partial charge in [0.2, 0.25) is 0 Å². The van der Waals surface area contributed by atoms with Gasteiger partial charge in [-0.1, -0.05) is 0 Å². The fourth-order valence-corrected chi connectivity index (χ4v) is 2.11. The Kier molecular flexibility index (Phi) is 3.26. The third-order valence-electron chi connectivity index (χ3n) is 3.23. The van der Waals surface area contributed by atoms with Crippen molar-refractivity contribution in [2.24, 2.45) is 0 Å². The Labute approximate surface area is 106 Å². The molecule has 0 atom stereocenters. The van der Waals surface area contributed by atoms with E-state index in [2.05, 4.69) is 4.98 Å². The third-order valence-corrected chi connectivity index (χ3v) is 3.23. The van der Waals surface area contributed by atoms with E-state index >= 15 is 0 Å². The van der Waals surface area contributed by atoms with Crippen molar-refractivity contribution in [2.75, 3.05) is 19.8 Å². The van der Waals surface area contributed by atoms with Crippen molar-refractivity contribution in [2.45, 2.75) is 26.3 Å². The van der Waals surface area contributed by atoms with E-state index in [9.17, 15) is 9.59 Å². The standard InChI is InChI=1S/C13H18N2O3/c1-9-6-10(7-14-11(9)16)12(17)15-4-5-18-8-13(15,2)3/h6-7H,4-5,8H2,1-3H3,(H,14,16). The van der Waals surface area contributed by atoms with Gasteiger partial charge in [0, 0.05) is 18.3 Å². The minimum Gasteiger partial charge on any atom is -0.377 e. The van der Waals surface area contributed by atoms with E-state index in [0.29, 0.717) is 30.9 Å². The van der Waals surface area contributed by atoms with Gasteiger partial charge in [0.1, 0.15) is 0 Å².